The molecule has 0 radical (unpaired) electrons. The normalized spacial score (nSPS) is 15.6. The average Bonchev–Trinajstić information content (AvgIpc) is 2.95. The fourth-order valence-electron chi connectivity index (χ4n) is 3.64. The van der Waals surface area contributed by atoms with Crippen molar-refractivity contribution < 1.29 is 17.9 Å². The van der Waals surface area contributed by atoms with Crippen molar-refractivity contribution in [2.75, 3.05) is 25.5 Å². The van der Waals surface area contributed by atoms with Gasteiger partial charge in [0.2, 0.25) is 16.0 Å². The molecule has 2 heterocycles. The van der Waals surface area contributed by atoms with E-state index < -0.39 is 15.9 Å². The Hall–Kier alpha value is -2.91. The van der Waals surface area contributed by atoms with Gasteiger partial charge in [0.15, 0.2) is 0 Å². The van der Waals surface area contributed by atoms with Gasteiger partial charge in [-0.3, -0.25) is 10.1 Å². The van der Waals surface area contributed by atoms with E-state index in [9.17, 15) is 13.2 Å². The maximum atomic E-state index is 13.1. The molecule has 0 aliphatic carbocycles. The Morgan fingerprint density at radius 3 is 2.53 bits per heavy atom. The molecule has 158 valence electrons. The molecular weight excluding hydrogens is 404 g/mol. The zero-order chi connectivity index (χ0) is 21.1. The van der Waals surface area contributed by atoms with Gasteiger partial charge >= 0.3 is 0 Å². The zero-order valence-electron chi connectivity index (χ0n) is 16.7. The van der Waals surface area contributed by atoms with E-state index >= 15 is 0 Å². The van der Waals surface area contributed by atoms with Gasteiger partial charge in [0.05, 0.1) is 28.6 Å². The highest BCUT2D eigenvalue weighted by Crippen LogP contribution is 2.27. The minimum atomic E-state index is -3.69. The van der Waals surface area contributed by atoms with E-state index in [1.807, 2.05) is 24.3 Å². The van der Waals surface area contributed by atoms with Crippen molar-refractivity contribution >= 4 is 32.9 Å². The van der Waals surface area contributed by atoms with Gasteiger partial charge in [-0.25, -0.2) is 13.4 Å². The molecule has 1 saturated heterocycles. The fourth-order valence-corrected chi connectivity index (χ4v) is 5.19. The first-order valence-electron chi connectivity index (χ1n) is 9.93. The highest BCUT2D eigenvalue weighted by Gasteiger charge is 2.27. The second kappa shape index (κ2) is 8.45. The number of fused-ring (bicyclic) bond motifs is 1. The van der Waals surface area contributed by atoms with Crippen molar-refractivity contribution in [1.82, 2.24) is 14.3 Å². The number of ether oxygens (including phenoxy) is 1. The van der Waals surface area contributed by atoms with Gasteiger partial charge in [-0.2, -0.15) is 4.31 Å². The summed E-state index contributed by atoms with van der Waals surface area (Å²) in [7, 11) is -2.24. The number of H-pyrrole nitrogens is 1. The van der Waals surface area contributed by atoms with E-state index in [4.69, 9.17) is 4.74 Å². The Balaban J connectivity index is 1.64. The number of carbonyl (C=O) groups excluding carboxylic acids is 1. The molecule has 1 aliphatic heterocycles. The zero-order valence-corrected chi connectivity index (χ0v) is 17.5. The van der Waals surface area contributed by atoms with Crippen molar-refractivity contribution in [3.63, 3.8) is 0 Å². The Morgan fingerprint density at radius 1 is 1.10 bits per heavy atom. The molecule has 0 spiro atoms. The molecule has 4 rings (SSSR count). The molecule has 2 aromatic carbocycles. The number of benzene rings is 2. The largest absolute Gasteiger partial charge is 0.496 e. The number of rotatable bonds is 5. The molecule has 1 aliphatic rings. The van der Waals surface area contributed by atoms with Crippen LogP contribution >= 0.6 is 0 Å². The second-order valence-corrected chi connectivity index (χ2v) is 9.18. The van der Waals surface area contributed by atoms with Crippen LogP contribution in [0.1, 0.15) is 36.0 Å². The lowest BCUT2D eigenvalue weighted by atomic mass is 10.2. The maximum Gasteiger partial charge on any atom is 0.261 e. The van der Waals surface area contributed by atoms with Crippen molar-refractivity contribution in [3.8, 4) is 5.75 Å². The number of aromatic nitrogens is 2. The summed E-state index contributed by atoms with van der Waals surface area (Å²) in [5, 5.41) is 2.70. The standard InChI is InChI=1S/C21H24N4O4S/c1-29-19-11-10-15(30(27,28)25-12-6-2-3-7-13-25)14-16(19)20(26)24-21-22-17-8-4-5-9-18(17)23-21/h4-5,8-11,14H,2-3,6-7,12-13H2,1H3,(H2,22,23,24,26). The number of imidazole rings is 1. The van der Waals surface area contributed by atoms with E-state index in [1.165, 1.54) is 29.6 Å². The molecule has 3 aromatic rings. The number of methoxy groups -OCH3 is 1. The Bertz CT molecular complexity index is 1130. The van der Waals surface area contributed by atoms with Crippen molar-refractivity contribution in [2.45, 2.75) is 30.6 Å². The number of nitrogens with one attached hydrogen (secondary N) is 2. The third kappa shape index (κ3) is 4.03. The van der Waals surface area contributed by atoms with Crippen LogP contribution in [0.2, 0.25) is 0 Å². The number of nitrogens with zero attached hydrogens (tertiary/aromatic N) is 2. The summed E-state index contributed by atoms with van der Waals surface area (Å²) in [6.45, 7) is 0.990. The summed E-state index contributed by atoms with van der Waals surface area (Å²) in [5.74, 6) is 0.0706. The summed E-state index contributed by atoms with van der Waals surface area (Å²) in [5.41, 5.74) is 1.64. The highest BCUT2D eigenvalue weighted by molar-refractivity contribution is 7.89. The van der Waals surface area contributed by atoms with Crippen LogP contribution in [0.5, 0.6) is 5.75 Å². The minimum Gasteiger partial charge on any atom is -0.496 e. The van der Waals surface area contributed by atoms with Gasteiger partial charge in [0, 0.05) is 13.1 Å². The fraction of sp³-hybridized carbons (Fsp3) is 0.333. The number of amides is 1. The smallest absolute Gasteiger partial charge is 0.261 e. The minimum absolute atomic E-state index is 0.0833. The van der Waals surface area contributed by atoms with Gasteiger partial charge in [-0.15, -0.1) is 0 Å². The number of para-hydroxylation sites is 2. The number of hydrogen-bond acceptors (Lipinski definition) is 5. The van der Waals surface area contributed by atoms with Crippen LogP contribution in [0.3, 0.4) is 0 Å². The lowest BCUT2D eigenvalue weighted by Crippen LogP contribution is -2.32. The number of hydrogen-bond donors (Lipinski definition) is 2. The molecule has 0 bridgehead atoms. The molecule has 1 fully saturated rings. The predicted octanol–water partition coefficient (Wildman–Crippen LogP) is 3.39. The first-order chi connectivity index (χ1) is 14.5. The van der Waals surface area contributed by atoms with Gasteiger partial charge in [-0.1, -0.05) is 25.0 Å². The number of sulfonamides is 1. The SMILES string of the molecule is COc1ccc(S(=O)(=O)N2CCCCCC2)cc1C(=O)Nc1nc2ccccc2[nH]1. The van der Waals surface area contributed by atoms with Crippen LogP contribution in [0, 0.1) is 0 Å². The molecule has 2 N–H and O–H groups in total. The molecule has 0 atom stereocenters. The third-order valence-electron chi connectivity index (χ3n) is 5.24. The molecule has 30 heavy (non-hydrogen) atoms. The number of aromatic amines is 1. The van der Waals surface area contributed by atoms with E-state index in [1.54, 1.807) is 0 Å². The number of anilines is 1. The number of carbonyl (C=O) groups is 1. The lowest BCUT2D eigenvalue weighted by Gasteiger charge is -2.20. The quantitative estimate of drug-likeness (QED) is 0.648. The Kier molecular flexibility index (Phi) is 5.74. The highest BCUT2D eigenvalue weighted by atomic mass is 32.2. The summed E-state index contributed by atoms with van der Waals surface area (Å²) in [6.07, 6.45) is 3.74. The van der Waals surface area contributed by atoms with Crippen LogP contribution in [-0.2, 0) is 10.0 Å². The van der Waals surface area contributed by atoms with Crippen LogP contribution in [0.4, 0.5) is 5.95 Å². The third-order valence-corrected chi connectivity index (χ3v) is 7.13. The summed E-state index contributed by atoms with van der Waals surface area (Å²) >= 11 is 0. The first kappa shape index (κ1) is 20.4. The van der Waals surface area contributed by atoms with Gasteiger partial charge in [0.1, 0.15) is 5.75 Å². The van der Waals surface area contributed by atoms with Crippen molar-refractivity contribution in [1.29, 1.82) is 0 Å². The average molecular weight is 429 g/mol. The molecule has 1 amide bonds. The monoisotopic (exact) mass is 428 g/mol. The summed E-state index contributed by atoms with van der Waals surface area (Å²) < 4.78 is 33.0. The molecule has 8 nitrogen and oxygen atoms in total. The first-order valence-corrected chi connectivity index (χ1v) is 11.4. The molecule has 0 unspecified atom stereocenters. The van der Waals surface area contributed by atoms with Crippen molar-refractivity contribution in [2.24, 2.45) is 0 Å². The topological polar surface area (TPSA) is 104 Å². The lowest BCUT2D eigenvalue weighted by molar-refractivity contribution is 0.102. The van der Waals surface area contributed by atoms with Gasteiger partial charge < -0.3 is 9.72 Å². The maximum absolute atomic E-state index is 13.1. The molecular formula is C21H24N4O4S. The van der Waals surface area contributed by atoms with Gasteiger partial charge in [0.25, 0.3) is 5.91 Å². The van der Waals surface area contributed by atoms with Crippen LogP contribution in [-0.4, -0.2) is 48.8 Å². The molecule has 0 saturated carbocycles. The van der Waals surface area contributed by atoms with Gasteiger partial charge in [-0.05, 0) is 43.2 Å². The van der Waals surface area contributed by atoms with Crippen LogP contribution in [0.25, 0.3) is 11.0 Å². The predicted molar refractivity (Wildman–Crippen MR) is 114 cm³/mol. The molecule has 1 aromatic heterocycles. The van der Waals surface area contributed by atoms with Crippen LogP contribution in [0.15, 0.2) is 47.4 Å². The van der Waals surface area contributed by atoms with E-state index in [0.29, 0.717) is 18.8 Å². The Morgan fingerprint density at radius 2 is 1.83 bits per heavy atom. The molecule has 9 heteroatoms. The van der Waals surface area contributed by atoms with E-state index in [-0.39, 0.29) is 16.4 Å². The van der Waals surface area contributed by atoms with E-state index in [2.05, 4.69) is 15.3 Å². The van der Waals surface area contributed by atoms with Crippen LogP contribution < -0.4 is 10.1 Å². The summed E-state index contributed by atoms with van der Waals surface area (Å²) in [4.78, 5) is 20.4. The second-order valence-electron chi connectivity index (χ2n) is 7.24. The van der Waals surface area contributed by atoms with Crippen molar-refractivity contribution in [3.05, 3.63) is 48.0 Å². The summed E-state index contributed by atoms with van der Waals surface area (Å²) in [6, 6.07) is 11.8. The Labute approximate surface area is 175 Å². The van der Waals surface area contributed by atoms with E-state index in [0.717, 1.165) is 36.7 Å².